The minimum absolute atomic E-state index is 0.000286. The standard InChI is InChI=1S/C52H83N11O12S/c1-27(2)22-36(58-44(66)34(16-11-12-20-53)57-48(70)40-17-13-21-63(40)51(73)37(23-28(3)4)59-49(71)42(54)29(5)6)46(68)56-35(18-19-41(64)65)45(67)61-39(26-76)47(69)62-43(30(7)8)50(72)60-38(52(74)75)24-31-25-55-33-15-10-9-14-32(31)33/h9-10,14-15,25,27-30,34-40,42-43,55,76H,11-13,16-24,26,53-54H2,1-8H3,(H,56,68)(H,57,70)(H,58,66)(H,59,71)(H,60,72)(H,61,67)(H,62,69)(H,64,65)(H,74,75)/t34-,35-,36-,37-,38-,39-,40-,42-,43-/m0/s1. The third-order valence-corrected chi connectivity index (χ3v) is 13.5. The highest BCUT2D eigenvalue weighted by Crippen LogP contribution is 2.23. The van der Waals surface area contributed by atoms with Crippen molar-refractivity contribution >= 4 is 82.7 Å². The van der Waals surface area contributed by atoms with Crippen LogP contribution in [0.5, 0.6) is 0 Å². The number of nitrogens with zero attached hydrogens (tertiary/aromatic N) is 1. The van der Waals surface area contributed by atoms with Crippen molar-refractivity contribution in [2.45, 2.75) is 174 Å². The van der Waals surface area contributed by atoms with E-state index < -0.39 is 132 Å². The maximum atomic E-state index is 14.2. The van der Waals surface area contributed by atoms with Gasteiger partial charge in [-0.1, -0.05) is 73.6 Å². The number of aromatic amines is 1. The second-order valence-electron chi connectivity index (χ2n) is 21.1. The Morgan fingerprint density at radius 1 is 0.671 bits per heavy atom. The number of hydrogen-bond donors (Lipinski definition) is 13. The van der Waals surface area contributed by atoms with Gasteiger partial charge >= 0.3 is 11.9 Å². The number of carboxylic acid groups (broad SMARTS) is 2. The van der Waals surface area contributed by atoms with E-state index >= 15 is 0 Å². The fourth-order valence-corrected chi connectivity index (χ4v) is 9.07. The van der Waals surface area contributed by atoms with Gasteiger partial charge < -0.3 is 68.8 Å². The number of nitrogens with two attached hydrogens (primary N) is 2. The summed E-state index contributed by atoms with van der Waals surface area (Å²) in [6.07, 6.45) is 2.63. The number of likely N-dealkylation sites (tertiary alicyclic amines) is 1. The number of unbranched alkanes of at least 4 members (excludes halogenated alkanes) is 1. The Labute approximate surface area is 450 Å². The van der Waals surface area contributed by atoms with Crippen molar-refractivity contribution in [3.05, 3.63) is 36.0 Å². The number of benzene rings is 1. The predicted octanol–water partition coefficient (Wildman–Crippen LogP) is 0.835. The molecule has 8 amide bonds. The first kappa shape index (κ1) is 64.0. The Balaban J connectivity index is 1.79. The van der Waals surface area contributed by atoms with Gasteiger partial charge in [0.2, 0.25) is 47.3 Å². The van der Waals surface area contributed by atoms with E-state index in [1.54, 1.807) is 53.8 Å². The molecule has 76 heavy (non-hydrogen) atoms. The zero-order valence-corrected chi connectivity index (χ0v) is 46.0. The van der Waals surface area contributed by atoms with Crippen molar-refractivity contribution < 1.29 is 58.2 Å². The first-order valence-electron chi connectivity index (χ1n) is 26.3. The van der Waals surface area contributed by atoms with E-state index in [0.29, 0.717) is 37.8 Å². The van der Waals surface area contributed by atoms with Gasteiger partial charge in [-0.25, -0.2) is 4.79 Å². The van der Waals surface area contributed by atoms with Crippen molar-refractivity contribution in [3.63, 3.8) is 0 Å². The van der Waals surface area contributed by atoms with Crippen LogP contribution in [0.4, 0.5) is 0 Å². The largest absolute Gasteiger partial charge is 0.481 e. The van der Waals surface area contributed by atoms with Crippen LogP contribution in [0.3, 0.4) is 0 Å². The maximum absolute atomic E-state index is 14.2. The summed E-state index contributed by atoms with van der Waals surface area (Å²) in [5, 5.41) is 38.8. The molecule has 2 aromatic rings. The number of fused-ring (bicyclic) bond motifs is 1. The topological polar surface area (TPSA) is 366 Å². The molecule has 0 bridgehead atoms. The van der Waals surface area contributed by atoms with Gasteiger partial charge in [0.15, 0.2) is 0 Å². The van der Waals surface area contributed by atoms with E-state index in [1.165, 1.54) is 4.90 Å². The van der Waals surface area contributed by atoms with Crippen molar-refractivity contribution in [2.24, 2.45) is 35.1 Å². The van der Waals surface area contributed by atoms with Gasteiger partial charge in [0.1, 0.15) is 48.3 Å². The number of carboxylic acids is 2. The van der Waals surface area contributed by atoms with Crippen LogP contribution in [-0.2, 0) is 54.4 Å². The molecule has 14 N–H and O–H groups in total. The highest BCUT2D eigenvalue weighted by molar-refractivity contribution is 7.80. The van der Waals surface area contributed by atoms with Gasteiger partial charge in [0, 0.05) is 42.2 Å². The highest BCUT2D eigenvalue weighted by atomic mass is 32.1. The molecule has 9 atom stereocenters. The Hall–Kier alpha value is -6.27. The molecular formula is C52H83N11O12S. The lowest BCUT2D eigenvalue weighted by molar-refractivity contribution is -0.143. The molecule has 23 nitrogen and oxygen atoms in total. The lowest BCUT2D eigenvalue weighted by Crippen LogP contribution is -2.61. The van der Waals surface area contributed by atoms with E-state index in [0.717, 1.165) is 10.9 Å². The van der Waals surface area contributed by atoms with E-state index in [1.807, 2.05) is 32.0 Å². The molecule has 0 spiro atoms. The van der Waals surface area contributed by atoms with Crippen LogP contribution in [0.1, 0.15) is 119 Å². The molecule has 24 heteroatoms. The monoisotopic (exact) mass is 1090 g/mol. The number of para-hydroxylation sites is 1. The van der Waals surface area contributed by atoms with Crippen LogP contribution in [0.25, 0.3) is 10.9 Å². The SMILES string of the molecule is CC(C)C[C@H](NC(=O)[C@H](CCCCN)NC(=O)[C@@H]1CCCN1C(=O)[C@H](CC(C)C)NC(=O)[C@@H](N)C(C)C)C(=O)N[C@@H](CCC(=O)O)C(=O)N[C@@H](CS)C(=O)N[C@H](C(=O)N[C@@H](Cc1c[nH]c2ccccc12)C(=O)O)C(C)C. The van der Waals surface area contributed by atoms with Crippen molar-refractivity contribution in [3.8, 4) is 0 Å². The summed E-state index contributed by atoms with van der Waals surface area (Å²) < 4.78 is 0. The van der Waals surface area contributed by atoms with Crippen molar-refractivity contribution in [2.75, 3.05) is 18.8 Å². The Morgan fingerprint density at radius 3 is 1.80 bits per heavy atom. The van der Waals surface area contributed by atoms with Crippen molar-refractivity contribution in [1.82, 2.24) is 47.1 Å². The lowest BCUT2D eigenvalue weighted by atomic mass is 9.99. The summed E-state index contributed by atoms with van der Waals surface area (Å²) in [5.74, 6) is -9.75. The third kappa shape index (κ3) is 19.7. The first-order valence-corrected chi connectivity index (χ1v) is 26.9. The van der Waals surface area contributed by atoms with Gasteiger partial charge in [-0.05, 0) is 93.2 Å². The highest BCUT2D eigenvalue weighted by Gasteiger charge is 2.40. The van der Waals surface area contributed by atoms with Crippen LogP contribution < -0.4 is 48.7 Å². The first-order chi connectivity index (χ1) is 35.8. The fraction of sp³-hybridized carbons (Fsp3) is 0.654. The molecule has 1 fully saturated rings. The molecule has 1 aromatic heterocycles. The van der Waals surface area contributed by atoms with E-state index in [-0.39, 0.29) is 55.7 Å². The van der Waals surface area contributed by atoms with Crippen LogP contribution in [-0.4, -0.2) is 153 Å². The van der Waals surface area contributed by atoms with E-state index in [4.69, 9.17) is 11.5 Å². The molecule has 1 aromatic carbocycles. The van der Waals surface area contributed by atoms with Gasteiger partial charge in [-0.2, -0.15) is 12.6 Å². The number of thiol groups is 1. The van der Waals surface area contributed by atoms with Crippen LogP contribution in [0, 0.1) is 23.7 Å². The molecule has 3 rings (SSSR count). The Bertz CT molecular complexity index is 2330. The number of nitrogens with one attached hydrogen (secondary N) is 8. The van der Waals surface area contributed by atoms with Gasteiger partial charge in [-0.15, -0.1) is 0 Å². The number of rotatable bonds is 32. The summed E-state index contributed by atoms with van der Waals surface area (Å²) in [5.41, 5.74) is 13.3. The smallest absolute Gasteiger partial charge is 0.326 e. The molecule has 0 aliphatic carbocycles. The predicted molar refractivity (Wildman–Crippen MR) is 288 cm³/mol. The Morgan fingerprint density at radius 2 is 1.22 bits per heavy atom. The molecule has 1 aliphatic rings. The zero-order chi connectivity index (χ0) is 57.0. The average molecular weight is 1090 g/mol. The van der Waals surface area contributed by atoms with Gasteiger partial charge in [-0.3, -0.25) is 43.2 Å². The average Bonchev–Trinajstić information content (AvgIpc) is 4.02. The molecule has 424 valence electrons. The number of carbonyl (C=O) groups is 10. The second kappa shape index (κ2) is 31.1. The molecule has 1 saturated heterocycles. The number of aromatic nitrogens is 1. The fourth-order valence-electron chi connectivity index (χ4n) is 8.82. The zero-order valence-electron chi connectivity index (χ0n) is 45.1. The quantitative estimate of drug-likeness (QED) is 0.0357. The van der Waals surface area contributed by atoms with Gasteiger partial charge in [0.25, 0.3) is 0 Å². The summed E-state index contributed by atoms with van der Waals surface area (Å²) in [7, 11) is 0. The lowest BCUT2D eigenvalue weighted by Gasteiger charge is -2.31. The number of H-pyrrole nitrogens is 1. The van der Waals surface area contributed by atoms with E-state index in [2.05, 4.69) is 54.8 Å². The minimum Gasteiger partial charge on any atom is -0.481 e. The molecule has 1 aliphatic heterocycles. The number of hydrogen-bond acceptors (Lipinski definition) is 13. The van der Waals surface area contributed by atoms with Crippen molar-refractivity contribution in [1.29, 1.82) is 0 Å². The third-order valence-electron chi connectivity index (χ3n) is 13.2. The summed E-state index contributed by atoms with van der Waals surface area (Å²) in [6, 6.07) is -3.71. The Kier molecular flexibility index (Phi) is 26.2. The summed E-state index contributed by atoms with van der Waals surface area (Å²) >= 11 is 4.25. The molecular weight excluding hydrogens is 1000 g/mol. The van der Waals surface area contributed by atoms with E-state index in [9.17, 15) is 58.2 Å². The number of amides is 8. The van der Waals surface area contributed by atoms with Crippen LogP contribution in [0.2, 0.25) is 0 Å². The summed E-state index contributed by atoms with van der Waals surface area (Å²) in [6.45, 7) is 14.7. The van der Waals surface area contributed by atoms with Gasteiger partial charge in [0.05, 0.1) is 6.04 Å². The minimum atomic E-state index is -1.56. The number of aliphatic carboxylic acids is 2. The van der Waals surface area contributed by atoms with Crippen LogP contribution >= 0.6 is 12.6 Å². The number of carbonyl (C=O) groups excluding carboxylic acids is 8. The molecule has 2 heterocycles. The molecule has 0 saturated carbocycles. The molecule has 0 radical (unpaired) electrons. The molecule has 0 unspecified atom stereocenters. The maximum Gasteiger partial charge on any atom is 0.326 e. The normalized spacial score (nSPS) is 16.7. The van der Waals surface area contributed by atoms with Crippen LogP contribution in [0.15, 0.2) is 30.5 Å². The summed E-state index contributed by atoms with van der Waals surface area (Å²) in [4.78, 5) is 139. The second-order valence-corrected chi connectivity index (χ2v) is 21.5.